The Balaban J connectivity index is 1.55. The SMILES string of the molecule is COc1ccc(C)cc1C(=O)OCC(=O)Nc1ccc(N2CCCC2=O)cc1. The van der Waals surface area contributed by atoms with Crippen molar-refractivity contribution >= 4 is 29.2 Å². The van der Waals surface area contributed by atoms with E-state index in [1.807, 2.05) is 13.0 Å². The Morgan fingerprint density at radius 2 is 1.89 bits per heavy atom. The Kier molecular flexibility index (Phi) is 5.93. The molecule has 1 heterocycles. The van der Waals surface area contributed by atoms with Crippen LogP contribution in [0.5, 0.6) is 5.75 Å². The van der Waals surface area contributed by atoms with Crippen LogP contribution in [0.15, 0.2) is 42.5 Å². The number of amides is 2. The first kappa shape index (κ1) is 19.4. The highest BCUT2D eigenvalue weighted by molar-refractivity contribution is 5.98. The number of ether oxygens (including phenoxy) is 2. The van der Waals surface area contributed by atoms with Gasteiger partial charge in [0, 0.05) is 24.3 Å². The molecule has 7 heteroatoms. The van der Waals surface area contributed by atoms with Gasteiger partial charge in [-0.2, -0.15) is 0 Å². The van der Waals surface area contributed by atoms with Gasteiger partial charge in [-0.25, -0.2) is 4.79 Å². The van der Waals surface area contributed by atoms with Gasteiger partial charge >= 0.3 is 5.97 Å². The van der Waals surface area contributed by atoms with E-state index in [2.05, 4.69) is 5.32 Å². The van der Waals surface area contributed by atoms with E-state index in [1.165, 1.54) is 7.11 Å². The van der Waals surface area contributed by atoms with Gasteiger partial charge in [0.2, 0.25) is 5.91 Å². The number of carbonyl (C=O) groups excluding carboxylic acids is 3. The van der Waals surface area contributed by atoms with Gasteiger partial charge < -0.3 is 19.7 Å². The molecule has 2 aromatic carbocycles. The summed E-state index contributed by atoms with van der Waals surface area (Å²) in [5.41, 5.74) is 2.52. The summed E-state index contributed by atoms with van der Waals surface area (Å²) in [4.78, 5) is 37.8. The summed E-state index contributed by atoms with van der Waals surface area (Å²) in [5, 5.41) is 2.67. The smallest absolute Gasteiger partial charge is 0.342 e. The predicted molar refractivity (Wildman–Crippen MR) is 105 cm³/mol. The van der Waals surface area contributed by atoms with Gasteiger partial charge in [-0.05, 0) is 49.7 Å². The fourth-order valence-electron chi connectivity index (χ4n) is 3.03. The van der Waals surface area contributed by atoms with E-state index < -0.39 is 18.5 Å². The molecule has 1 aliphatic heterocycles. The molecular formula is C21H22N2O5. The van der Waals surface area contributed by atoms with Crippen LogP contribution in [0, 0.1) is 6.92 Å². The first-order chi connectivity index (χ1) is 13.5. The fraction of sp³-hybridized carbons (Fsp3) is 0.286. The molecule has 1 fully saturated rings. The lowest BCUT2D eigenvalue weighted by Gasteiger charge is -2.16. The standard InChI is InChI=1S/C21H22N2O5/c1-14-5-10-18(27-2)17(12-14)21(26)28-13-19(24)22-15-6-8-16(9-7-15)23-11-3-4-20(23)25/h5-10,12H,3-4,11,13H2,1-2H3,(H,22,24). The maximum Gasteiger partial charge on any atom is 0.342 e. The molecule has 2 amide bonds. The number of aryl methyl sites for hydroxylation is 1. The minimum atomic E-state index is -0.626. The molecule has 28 heavy (non-hydrogen) atoms. The van der Waals surface area contributed by atoms with Gasteiger partial charge in [0.15, 0.2) is 6.61 Å². The molecule has 7 nitrogen and oxygen atoms in total. The summed E-state index contributed by atoms with van der Waals surface area (Å²) < 4.78 is 10.3. The van der Waals surface area contributed by atoms with Crippen molar-refractivity contribution in [3.8, 4) is 5.75 Å². The Labute approximate surface area is 163 Å². The number of methoxy groups -OCH3 is 1. The van der Waals surface area contributed by atoms with E-state index in [9.17, 15) is 14.4 Å². The highest BCUT2D eigenvalue weighted by Crippen LogP contribution is 2.23. The summed E-state index contributed by atoms with van der Waals surface area (Å²) in [6, 6.07) is 12.1. The molecule has 0 aromatic heterocycles. The molecule has 1 aliphatic rings. The van der Waals surface area contributed by atoms with Crippen molar-refractivity contribution in [3.63, 3.8) is 0 Å². The quantitative estimate of drug-likeness (QED) is 0.777. The van der Waals surface area contributed by atoms with Crippen LogP contribution < -0.4 is 15.0 Å². The number of carbonyl (C=O) groups is 3. The van der Waals surface area contributed by atoms with Crippen LogP contribution in [-0.2, 0) is 14.3 Å². The minimum absolute atomic E-state index is 0.107. The highest BCUT2D eigenvalue weighted by atomic mass is 16.5. The zero-order valence-electron chi connectivity index (χ0n) is 15.9. The second kappa shape index (κ2) is 8.56. The van der Waals surface area contributed by atoms with E-state index in [1.54, 1.807) is 41.3 Å². The average molecular weight is 382 g/mol. The van der Waals surface area contributed by atoms with E-state index in [-0.39, 0.29) is 11.5 Å². The molecule has 1 N–H and O–H groups in total. The summed E-state index contributed by atoms with van der Waals surface area (Å²) in [5.74, 6) is -0.582. The second-order valence-corrected chi connectivity index (χ2v) is 6.52. The zero-order chi connectivity index (χ0) is 20.1. The maximum atomic E-state index is 12.2. The van der Waals surface area contributed by atoms with E-state index in [0.717, 1.165) is 17.7 Å². The van der Waals surface area contributed by atoms with Crippen molar-refractivity contribution in [3.05, 3.63) is 53.6 Å². The topological polar surface area (TPSA) is 84.9 Å². The second-order valence-electron chi connectivity index (χ2n) is 6.52. The average Bonchev–Trinajstić information content (AvgIpc) is 3.12. The van der Waals surface area contributed by atoms with Crippen molar-refractivity contribution in [2.24, 2.45) is 0 Å². The van der Waals surface area contributed by atoms with Gasteiger partial charge in [0.25, 0.3) is 5.91 Å². The van der Waals surface area contributed by atoms with Crippen LogP contribution in [0.4, 0.5) is 11.4 Å². The van der Waals surface area contributed by atoms with Gasteiger partial charge in [-0.3, -0.25) is 9.59 Å². The third kappa shape index (κ3) is 4.49. The summed E-state index contributed by atoms with van der Waals surface area (Å²) in [7, 11) is 1.47. The molecule has 0 spiro atoms. The van der Waals surface area contributed by atoms with Gasteiger partial charge in [0.05, 0.1) is 7.11 Å². The van der Waals surface area contributed by atoms with E-state index >= 15 is 0 Å². The summed E-state index contributed by atoms with van der Waals surface area (Å²) in [6.07, 6.45) is 1.42. The molecule has 0 atom stereocenters. The van der Waals surface area contributed by atoms with Crippen molar-refractivity contribution in [1.82, 2.24) is 0 Å². The molecule has 0 unspecified atom stereocenters. The lowest BCUT2D eigenvalue weighted by molar-refractivity contribution is -0.119. The minimum Gasteiger partial charge on any atom is -0.496 e. The van der Waals surface area contributed by atoms with E-state index in [4.69, 9.17) is 9.47 Å². The van der Waals surface area contributed by atoms with Crippen molar-refractivity contribution in [1.29, 1.82) is 0 Å². The predicted octanol–water partition coefficient (Wildman–Crippen LogP) is 2.93. The number of hydrogen-bond acceptors (Lipinski definition) is 5. The monoisotopic (exact) mass is 382 g/mol. The Hall–Kier alpha value is -3.35. The Morgan fingerprint density at radius 3 is 2.54 bits per heavy atom. The van der Waals surface area contributed by atoms with Crippen molar-refractivity contribution in [2.45, 2.75) is 19.8 Å². The number of nitrogens with one attached hydrogen (secondary N) is 1. The molecule has 0 radical (unpaired) electrons. The Bertz CT molecular complexity index is 892. The van der Waals surface area contributed by atoms with Crippen LogP contribution in [0.25, 0.3) is 0 Å². The van der Waals surface area contributed by atoms with Crippen molar-refractivity contribution in [2.75, 3.05) is 30.5 Å². The first-order valence-corrected chi connectivity index (χ1v) is 9.00. The maximum absolute atomic E-state index is 12.2. The third-order valence-electron chi connectivity index (χ3n) is 4.45. The van der Waals surface area contributed by atoms with E-state index in [0.29, 0.717) is 24.4 Å². The molecular weight excluding hydrogens is 360 g/mol. The molecule has 3 rings (SSSR count). The lowest BCUT2D eigenvalue weighted by atomic mass is 10.1. The van der Waals surface area contributed by atoms with Crippen molar-refractivity contribution < 1.29 is 23.9 Å². The molecule has 0 aliphatic carbocycles. The lowest BCUT2D eigenvalue weighted by Crippen LogP contribution is -2.24. The van der Waals surface area contributed by atoms with Gasteiger partial charge in [-0.1, -0.05) is 11.6 Å². The summed E-state index contributed by atoms with van der Waals surface area (Å²) >= 11 is 0. The third-order valence-corrected chi connectivity index (χ3v) is 4.45. The fourth-order valence-corrected chi connectivity index (χ4v) is 3.03. The number of benzene rings is 2. The van der Waals surface area contributed by atoms with Crippen LogP contribution in [0.3, 0.4) is 0 Å². The van der Waals surface area contributed by atoms with Gasteiger partial charge in [-0.15, -0.1) is 0 Å². The number of rotatable bonds is 6. The largest absolute Gasteiger partial charge is 0.496 e. The number of anilines is 2. The van der Waals surface area contributed by atoms with Crippen LogP contribution in [0.1, 0.15) is 28.8 Å². The van der Waals surface area contributed by atoms with Gasteiger partial charge in [0.1, 0.15) is 11.3 Å². The number of hydrogen-bond donors (Lipinski definition) is 1. The molecule has 0 bridgehead atoms. The molecule has 1 saturated heterocycles. The van der Waals surface area contributed by atoms with Crippen LogP contribution in [0.2, 0.25) is 0 Å². The zero-order valence-corrected chi connectivity index (χ0v) is 15.9. The van der Waals surface area contributed by atoms with Crippen LogP contribution >= 0.6 is 0 Å². The molecule has 0 saturated carbocycles. The highest BCUT2D eigenvalue weighted by Gasteiger charge is 2.21. The normalized spacial score (nSPS) is 13.4. The summed E-state index contributed by atoms with van der Waals surface area (Å²) in [6.45, 7) is 2.15. The molecule has 146 valence electrons. The Morgan fingerprint density at radius 1 is 1.14 bits per heavy atom. The van der Waals surface area contributed by atoms with Crippen LogP contribution in [-0.4, -0.2) is 38.0 Å². The molecule has 2 aromatic rings. The first-order valence-electron chi connectivity index (χ1n) is 9.00. The number of esters is 1. The number of nitrogens with zero attached hydrogens (tertiary/aromatic N) is 1.